The van der Waals surface area contributed by atoms with E-state index in [-0.39, 0.29) is 0 Å². The number of hydrogen-bond acceptors (Lipinski definition) is 7. The van der Waals surface area contributed by atoms with Gasteiger partial charge in [-0.2, -0.15) is 0 Å². The maximum atomic E-state index is 13.2. The van der Waals surface area contributed by atoms with Crippen LogP contribution < -0.4 is 15.4 Å². The second kappa shape index (κ2) is 9.03. The summed E-state index contributed by atoms with van der Waals surface area (Å²) in [5, 5.41) is 16.8. The second-order valence-corrected chi connectivity index (χ2v) is 8.72. The first-order chi connectivity index (χ1) is 18.0. The zero-order valence-electron chi connectivity index (χ0n) is 19.9. The molecule has 0 fully saturated rings. The Kier molecular flexibility index (Phi) is 5.54. The van der Waals surface area contributed by atoms with Gasteiger partial charge in [0.2, 0.25) is 5.88 Å². The number of ether oxygens (including phenoxy) is 1. The van der Waals surface area contributed by atoms with Crippen LogP contribution in [0, 0.1) is 0 Å². The summed E-state index contributed by atoms with van der Waals surface area (Å²) in [5.41, 5.74) is 6.36. The number of pyridine rings is 1. The molecule has 0 saturated heterocycles. The number of fused-ring (bicyclic) bond motifs is 2. The Morgan fingerprint density at radius 3 is 2.73 bits per heavy atom. The number of hydrogen-bond donors (Lipinski definition) is 3. The molecule has 1 atom stereocenters. The SMILES string of the molecule is C=C(F)C(O)Nc1ccc(-c2c3c4c(ncnc4n2C)NCc2cc(Oc4ccccn4)ccc2-3)cc1. The number of benzene rings is 2. The maximum Gasteiger partial charge on any atom is 0.219 e. The number of anilines is 2. The van der Waals surface area contributed by atoms with E-state index >= 15 is 0 Å². The van der Waals surface area contributed by atoms with E-state index in [0.717, 1.165) is 44.8 Å². The van der Waals surface area contributed by atoms with Crippen molar-refractivity contribution in [3.63, 3.8) is 0 Å². The molecule has 5 aromatic rings. The molecule has 4 heterocycles. The predicted molar refractivity (Wildman–Crippen MR) is 141 cm³/mol. The van der Waals surface area contributed by atoms with Gasteiger partial charge in [-0.05, 0) is 47.0 Å². The third kappa shape index (κ3) is 4.05. The Balaban J connectivity index is 1.47. The lowest BCUT2D eigenvalue weighted by Gasteiger charge is -2.15. The first-order valence-corrected chi connectivity index (χ1v) is 11.7. The smallest absolute Gasteiger partial charge is 0.219 e. The Labute approximate surface area is 212 Å². The fourth-order valence-electron chi connectivity index (χ4n) is 4.68. The molecular formula is C28H23FN6O2. The molecule has 184 valence electrons. The number of aryl methyl sites for hydroxylation is 1. The van der Waals surface area contributed by atoms with Crippen molar-refractivity contribution >= 4 is 22.5 Å². The van der Waals surface area contributed by atoms with Gasteiger partial charge in [0.15, 0.2) is 6.23 Å². The molecule has 8 nitrogen and oxygen atoms in total. The first kappa shape index (κ1) is 22.7. The van der Waals surface area contributed by atoms with E-state index in [9.17, 15) is 9.50 Å². The zero-order valence-corrected chi connectivity index (χ0v) is 19.9. The van der Waals surface area contributed by atoms with Crippen molar-refractivity contribution in [3.05, 3.63) is 91.2 Å². The van der Waals surface area contributed by atoms with Gasteiger partial charge >= 0.3 is 0 Å². The highest BCUT2D eigenvalue weighted by Gasteiger charge is 2.26. The zero-order chi connectivity index (χ0) is 25.5. The van der Waals surface area contributed by atoms with Gasteiger partial charge in [-0.25, -0.2) is 19.3 Å². The number of rotatable bonds is 6. The largest absolute Gasteiger partial charge is 0.439 e. The first-order valence-electron chi connectivity index (χ1n) is 11.7. The molecule has 3 N–H and O–H groups in total. The van der Waals surface area contributed by atoms with Crippen LogP contribution in [0.4, 0.5) is 15.9 Å². The van der Waals surface area contributed by atoms with E-state index in [0.29, 0.717) is 23.9 Å². The monoisotopic (exact) mass is 494 g/mol. The summed E-state index contributed by atoms with van der Waals surface area (Å²) in [5.74, 6) is 1.12. The lowest BCUT2D eigenvalue weighted by atomic mass is 9.95. The van der Waals surface area contributed by atoms with Crippen LogP contribution in [0.5, 0.6) is 11.6 Å². The molecule has 9 heteroatoms. The van der Waals surface area contributed by atoms with Crippen molar-refractivity contribution in [2.45, 2.75) is 12.8 Å². The average Bonchev–Trinajstić information content (AvgIpc) is 3.10. The van der Waals surface area contributed by atoms with Gasteiger partial charge in [0.05, 0.1) is 11.1 Å². The third-order valence-electron chi connectivity index (χ3n) is 6.38. The molecule has 0 amide bonds. The molecule has 1 aliphatic heterocycles. The summed E-state index contributed by atoms with van der Waals surface area (Å²) < 4.78 is 21.3. The van der Waals surface area contributed by atoms with Crippen LogP contribution in [0.3, 0.4) is 0 Å². The highest BCUT2D eigenvalue weighted by molar-refractivity contribution is 6.09. The molecule has 0 spiro atoms. The van der Waals surface area contributed by atoms with Crippen LogP contribution in [-0.4, -0.2) is 30.9 Å². The van der Waals surface area contributed by atoms with Crippen molar-refractivity contribution in [2.24, 2.45) is 7.05 Å². The van der Waals surface area contributed by atoms with Crippen LogP contribution in [-0.2, 0) is 13.6 Å². The van der Waals surface area contributed by atoms with E-state index in [1.807, 2.05) is 54.1 Å². The second-order valence-electron chi connectivity index (χ2n) is 8.72. The molecule has 37 heavy (non-hydrogen) atoms. The lowest BCUT2D eigenvalue weighted by Crippen LogP contribution is -2.18. The Bertz CT molecular complexity index is 1630. The van der Waals surface area contributed by atoms with E-state index in [1.165, 1.54) is 0 Å². The molecule has 0 saturated carbocycles. The van der Waals surface area contributed by atoms with Crippen LogP contribution in [0.15, 0.2) is 85.6 Å². The van der Waals surface area contributed by atoms with Crippen molar-refractivity contribution in [1.29, 1.82) is 0 Å². The van der Waals surface area contributed by atoms with Crippen LogP contribution >= 0.6 is 0 Å². The molecule has 1 unspecified atom stereocenters. The minimum atomic E-state index is -1.47. The van der Waals surface area contributed by atoms with Gasteiger partial charge in [0, 0.05) is 37.1 Å². The third-order valence-corrected chi connectivity index (χ3v) is 6.38. The molecule has 0 bridgehead atoms. The number of aliphatic hydroxyl groups is 1. The van der Waals surface area contributed by atoms with Gasteiger partial charge in [0.1, 0.15) is 29.4 Å². The van der Waals surface area contributed by atoms with Crippen LogP contribution in [0.1, 0.15) is 5.56 Å². The molecule has 2 aromatic carbocycles. The summed E-state index contributed by atoms with van der Waals surface area (Å²) in [4.78, 5) is 13.4. The van der Waals surface area contributed by atoms with E-state index in [2.05, 4.69) is 38.2 Å². The highest BCUT2D eigenvalue weighted by atomic mass is 19.1. The predicted octanol–water partition coefficient (Wildman–Crippen LogP) is 5.63. The Hall–Kier alpha value is -4.76. The fourth-order valence-corrected chi connectivity index (χ4v) is 4.68. The molecule has 0 aliphatic carbocycles. The molecule has 3 aromatic heterocycles. The summed E-state index contributed by atoms with van der Waals surface area (Å²) in [7, 11) is 1.97. The van der Waals surface area contributed by atoms with Gasteiger partial charge in [-0.15, -0.1) is 0 Å². The van der Waals surface area contributed by atoms with Gasteiger partial charge in [-0.1, -0.05) is 30.8 Å². The minimum absolute atomic E-state index is 0.524. The number of halogens is 1. The molecule has 1 aliphatic rings. The summed E-state index contributed by atoms with van der Waals surface area (Å²) in [6, 6.07) is 19.0. The average molecular weight is 495 g/mol. The fraction of sp³-hybridized carbons (Fsp3) is 0.107. The highest BCUT2D eigenvalue weighted by Crippen LogP contribution is 2.46. The summed E-state index contributed by atoms with van der Waals surface area (Å²) in [6.07, 6.45) is 1.78. The molecule has 0 radical (unpaired) electrons. The summed E-state index contributed by atoms with van der Waals surface area (Å²) in [6.45, 7) is 3.70. The minimum Gasteiger partial charge on any atom is -0.439 e. The van der Waals surface area contributed by atoms with Gasteiger partial charge < -0.3 is 25.0 Å². The number of nitrogens with one attached hydrogen (secondary N) is 2. The lowest BCUT2D eigenvalue weighted by molar-refractivity contribution is 0.211. The van der Waals surface area contributed by atoms with Crippen LogP contribution in [0.25, 0.3) is 33.4 Å². The van der Waals surface area contributed by atoms with Crippen molar-refractivity contribution < 1.29 is 14.2 Å². The van der Waals surface area contributed by atoms with Crippen molar-refractivity contribution in [3.8, 4) is 34.0 Å². The standard InChI is InChI=1S/C28H23FN6O2/c1-16(29)28(36)34-19-8-6-17(7-9-19)25-23-21-11-10-20(37-22-5-3-4-12-30-22)13-18(21)14-31-26-24(23)27(35(25)2)33-15-32-26/h3-13,15,28,34,36H,1,14H2,2H3,(H,31,32,33). The van der Waals surface area contributed by atoms with E-state index in [1.54, 1.807) is 24.7 Å². The maximum absolute atomic E-state index is 13.2. The van der Waals surface area contributed by atoms with Crippen molar-refractivity contribution in [1.82, 2.24) is 19.5 Å². The summed E-state index contributed by atoms with van der Waals surface area (Å²) >= 11 is 0. The van der Waals surface area contributed by atoms with Gasteiger partial charge in [0.25, 0.3) is 0 Å². The van der Waals surface area contributed by atoms with E-state index in [4.69, 9.17) is 4.74 Å². The molecular weight excluding hydrogens is 471 g/mol. The van der Waals surface area contributed by atoms with Crippen molar-refractivity contribution in [2.75, 3.05) is 10.6 Å². The normalized spacial score (nSPS) is 12.8. The van der Waals surface area contributed by atoms with Gasteiger partial charge in [-0.3, -0.25) is 0 Å². The number of nitrogens with zero attached hydrogens (tertiary/aromatic N) is 4. The van der Waals surface area contributed by atoms with E-state index < -0.39 is 12.1 Å². The topological polar surface area (TPSA) is 97.1 Å². The number of aromatic nitrogens is 4. The molecule has 6 rings (SSSR count). The Morgan fingerprint density at radius 2 is 1.97 bits per heavy atom. The number of aliphatic hydroxyl groups excluding tert-OH is 1. The van der Waals surface area contributed by atoms with Crippen LogP contribution in [0.2, 0.25) is 0 Å². The quantitative estimate of drug-likeness (QED) is 0.263. The Morgan fingerprint density at radius 1 is 1.14 bits per heavy atom.